The summed E-state index contributed by atoms with van der Waals surface area (Å²) in [5, 5.41) is 19.0. The van der Waals surface area contributed by atoms with Crippen molar-refractivity contribution in [2.24, 2.45) is 10.9 Å². The number of carbonyl (C=O) groups is 1. The molecule has 5 heteroatoms. The Morgan fingerprint density at radius 1 is 1.42 bits per heavy atom. The van der Waals surface area contributed by atoms with E-state index in [1.807, 2.05) is 0 Å². The minimum Gasteiger partial charge on any atom is -0.442 e. The molecule has 0 atom stereocenters. The lowest BCUT2D eigenvalue weighted by Crippen LogP contribution is -2.35. The summed E-state index contributed by atoms with van der Waals surface area (Å²) in [6.45, 7) is 5.41. The minimum atomic E-state index is -0.745. The van der Waals surface area contributed by atoms with Crippen LogP contribution in [0.5, 0.6) is 0 Å². The van der Waals surface area contributed by atoms with E-state index in [4.69, 9.17) is 9.84 Å². The van der Waals surface area contributed by atoms with Crippen LogP contribution in [0, 0.1) is 5.92 Å². The lowest BCUT2D eigenvalue weighted by Gasteiger charge is -2.34. The highest BCUT2D eigenvalue weighted by Crippen LogP contribution is 2.33. The van der Waals surface area contributed by atoms with E-state index in [9.17, 15) is 9.90 Å². The second-order valence-corrected chi connectivity index (χ2v) is 6.29. The van der Waals surface area contributed by atoms with Gasteiger partial charge in [-0.1, -0.05) is 0 Å². The van der Waals surface area contributed by atoms with Crippen molar-refractivity contribution >= 4 is 12.3 Å². The fourth-order valence-electron chi connectivity index (χ4n) is 2.24. The van der Waals surface area contributed by atoms with Gasteiger partial charge in [0, 0.05) is 12.8 Å². The van der Waals surface area contributed by atoms with Crippen LogP contribution in [0.1, 0.15) is 52.9 Å². The number of carbonyl (C=O) groups excluding carboxylic acids is 1. The highest BCUT2D eigenvalue weighted by atomic mass is 16.6. The van der Waals surface area contributed by atoms with Crippen molar-refractivity contribution in [1.29, 1.82) is 0 Å². The molecule has 0 saturated heterocycles. The highest BCUT2D eigenvalue weighted by molar-refractivity contribution is 5.80. The molecule has 0 unspecified atom stereocenters. The van der Waals surface area contributed by atoms with Gasteiger partial charge in [-0.15, -0.1) is 0 Å². The zero-order valence-electron chi connectivity index (χ0n) is 12.1. The SMILES string of the molecule is CC(C)(C)OC(=O)/N=C/C1CCC(O)(CCO)CC1. The summed E-state index contributed by atoms with van der Waals surface area (Å²) < 4.78 is 5.09. The average molecular weight is 271 g/mol. The number of aliphatic hydroxyl groups is 2. The molecule has 110 valence electrons. The van der Waals surface area contributed by atoms with Gasteiger partial charge in [0.25, 0.3) is 0 Å². The second-order valence-electron chi connectivity index (χ2n) is 6.29. The molecule has 2 N–H and O–H groups in total. The molecule has 0 heterocycles. The van der Waals surface area contributed by atoms with Crippen molar-refractivity contribution in [3.05, 3.63) is 0 Å². The first kappa shape index (κ1) is 16.1. The number of nitrogens with zero attached hydrogens (tertiary/aromatic N) is 1. The van der Waals surface area contributed by atoms with Gasteiger partial charge in [-0.25, -0.2) is 4.79 Å². The predicted molar refractivity (Wildman–Crippen MR) is 73.3 cm³/mol. The molecule has 0 aromatic rings. The second kappa shape index (κ2) is 6.48. The van der Waals surface area contributed by atoms with E-state index in [1.165, 1.54) is 0 Å². The van der Waals surface area contributed by atoms with E-state index in [1.54, 1.807) is 27.0 Å². The third-order valence-electron chi connectivity index (χ3n) is 3.32. The maximum atomic E-state index is 11.4. The molecule has 0 bridgehead atoms. The molecule has 0 aromatic heterocycles. The van der Waals surface area contributed by atoms with Crippen LogP contribution in [0.4, 0.5) is 4.79 Å². The van der Waals surface area contributed by atoms with E-state index in [0.717, 1.165) is 12.8 Å². The van der Waals surface area contributed by atoms with Gasteiger partial charge in [0.05, 0.1) is 5.60 Å². The summed E-state index contributed by atoms with van der Waals surface area (Å²) in [6, 6.07) is 0. The first-order chi connectivity index (χ1) is 8.74. The smallest absolute Gasteiger partial charge is 0.433 e. The predicted octanol–water partition coefficient (Wildman–Crippen LogP) is 2.30. The molecule has 1 rings (SSSR count). The lowest BCUT2D eigenvalue weighted by atomic mass is 9.78. The Labute approximate surface area is 114 Å². The average Bonchev–Trinajstić information content (AvgIpc) is 2.26. The fourth-order valence-corrected chi connectivity index (χ4v) is 2.24. The van der Waals surface area contributed by atoms with Crippen LogP contribution in [0.25, 0.3) is 0 Å². The number of hydrogen-bond acceptors (Lipinski definition) is 4. The van der Waals surface area contributed by atoms with Crippen LogP contribution in [0.15, 0.2) is 4.99 Å². The van der Waals surface area contributed by atoms with E-state index >= 15 is 0 Å². The Morgan fingerprint density at radius 2 is 2.00 bits per heavy atom. The molecular weight excluding hydrogens is 246 g/mol. The van der Waals surface area contributed by atoms with Crippen molar-refractivity contribution in [2.45, 2.75) is 64.1 Å². The Balaban J connectivity index is 2.38. The topological polar surface area (TPSA) is 79.1 Å². The molecule has 0 aromatic carbocycles. The van der Waals surface area contributed by atoms with E-state index < -0.39 is 17.3 Å². The van der Waals surface area contributed by atoms with Crippen molar-refractivity contribution in [3.63, 3.8) is 0 Å². The Bertz CT molecular complexity index is 325. The van der Waals surface area contributed by atoms with Crippen molar-refractivity contribution in [1.82, 2.24) is 0 Å². The van der Waals surface area contributed by atoms with Gasteiger partial charge >= 0.3 is 6.09 Å². The van der Waals surface area contributed by atoms with E-state index in [-0.39, 0.29) is 12.5 Å². The Kier molecular flexibility index (Phi) is 5.50. The van der Waals surface area contributed by atoms with Crippen LogP contribution >= 0.6 is 0 Å². The van der Waals surface area contributed by atoms with Crippen LogP contribution in [-0.4, -0.2) is 40.3 Å². The molecule has 1 aliphatic carbocycles. The van der Waals surface area contributed by atoms with Crippen molar-refractivity contribution in [2.75, 3.05) is 6.61 Å². The third-order valence-corrected chi connectivity index (χ3v) is 3.32. The van der Waals surface area contributed by atoms with Gasteiger partial charge in [0.15, 0.2) is 0 Å². The zero-order chi connectivity index (χ0) is 14.5. The summed E-state index contributed by atoms with van der Waals surface area (Å²) in [4.78, 5) is 15.2. The molecule has 0 spiro atoms. The molecule has 19 heavy (non-hydrogen) atoms. The van der Waals surface area contributed by atoms with Crippen molar-refractivity contribution in [3.8, 4) is 0 Å². The molecular formula is C14H25NO4. The summed E-state index contributed by atoms with van der Waals surface area (Å²) in [7, 11) is 0. The van der Waals surface area contributed by atoms with Crippen LogP contribution in [-0.2, 0) is 4.74 Å². The van der Waals surface area contributed by atoms with E-state index in [2.05, 4.69) is 4.99 Å². The number of aliphatic imine (C=N–C) groups is 1. The van der Waals surface area contributed by atoms with Crippen LogP contribution < -0.4 is 0 Å². The minimum absolute atomic E-state index is 0.00711. The monoisotopic (exact) mass is 271 g/mol. The summed E-state index contributed by atoms with van der Waals surface area (Å²) >= 11 is 0. The van der Waals surface area contributed by atoms with Gasteiger partial charge in [-0.3, -0.25) is 0 Å². The summed E-state index contributed by atoms with van der Waals surface area (Å²) in [6.07, 6.45) is 4.32. The molecule has 1 fully saturated rings. The van der Waals surface area contributed by atoms with Crippen LogP contribution in [0.2, 0.25) is 0 Å². The molecule has 5 nitrogen and oxygen atoms in total. The van der Waals surface area contributed by atoms with E-state index in [0.29, 0.717) is 19.3 Å². The number of amides is 1. The first-order valence-electron chi connectivity index (χ1n) is 6.84. The van der Waals surface area contributed by atoms with Gasteiger partial charge < -0.3 is 14.9 Å². The number of rotatable bonds is 3. The number of ether oxygens (including phenoxy) is 1. The maximum Gasteiger partial charge on any atom is 0.433 e. The normalized spacial score (nSPS) is 28.6. The zero-order valence-corrected chi connectivity index (χ0v) is 12.1. The molecule has 1 aliphatic rings. The highest BCUT2D eigenvalue weighted by Gasteiger charge is 2.32. The van der Waals surface area contributed by atoms with Gasteiger partial charge in [-0.05, 0) is 58.8 Å². The number of aliphatic hydroxyl groups excluding tert-OH is 1. The maximum absolute atomic E-state index is 11.4. The lowest BCUT2D eigenvalue weighted by molar-refractivity contribution is -0.0210. The quantitative estimate of drug-likeness (QED) is 0.772. The Morgan fingerprint density at radius 3 is 2.47 bits per heavy atom. The van der Waals surface area contributed by atoms with Gasteiger partial charge in [-0.2, -0.15) is 4.99 Å². The first-order valence-corrected chi connectivity index (χ1v) is 6.84. The summed E-state index contributed by atoms with van der Waals surface area (Å²) in [5.74, 6) is 0.200. The fraction of sp³-hybridized carbons (Fsp3) is 0.857. The largest absolute Gasteiger partial charge is 0.442 e. The van der Waals surface area contributed by atoms with Gasteiger partial charge in [0.2, 0.25) is 0 Å². The number of hydrogen-bond donors (Lipinski definition) is 2. The van der Waals surface area contributed by atoms with Crippen molar-refractivity contribution < 1.29 is 19.7 Å². The standard InChI is InChI=1S/C14H25NO4/c1-13(2,3)19-12(17)15-10-11-4-6-14(18,7-5-11)8-9-16/h10-11,16,18H,4-9H2,1-3H3/b15-10+. The van der Waals surface area contributed by atoms with Crippen LogP contribution in [0.3, 0.4) is 0 Å². The van der Waals surface area contributed by atoms with Gasteiger partial charge in [0.1, 0.15) is 5.60 Å². The Hall–Kier alpha value is -0.940. The summed E-state index contributed by atoms with van der Waals surface area (Å²) in [5.41, 5.74) is -1.27. The molecule has 1 amide bonds. The molecule has 0 aliphatic heterocycles. The molecule has 1 saturated carbocycles. The molecule has 0 radical (unpaired) electrons. The third kappa shape index (κ3) is 6.16.